The summed E-state index contributed by atoms with van der Waals surface area (Å²) in [6, 6.07) is 4.39. The summed E-state index contributed by atoms with van der Waals surface area (Å²) in [4.78, 5) is 27.5. The highest BCUT2D eigenvalue weighted by Crippen LogP contribution is 2.27. The topological polar surface area (TPSA) is 103 Å². The zero-order valence-corrected chi connectivity index (χ0v) is 19.4. The van der Waals surface area contributed by atoms with Crippen molar-refractivity contribution in [3.05, 3.63) is 71.2 Å². The number of ether oxygens (including phenoxy) is 1. The van der Waals surface area contributed by atoms with Crippen LogP contribution in [0.25, 0.3) is 11.4 Å². The van der Waals surface area contributed by atoms with Crippen LogP contribution in [0.1, 0.15) is 38.3 Å². The molecule has 1 aromatic carbocycles. The van der Waals surface area contributed by atoms with Crippen molar-refractivity contribution < 1.29 is 24.9 Å². The predicted octanol–water partition coefficient (Wildman–Crippen LogP) is 3.24. The van der Waals surface area contributed by atoms with Gasteiger partial charge in [-0.3, -0.25) is 9.48 Å². The number of rotatable bonds is 7. The molecule has 0 radical (unpaired) electrons. The number of halogens is 1. The fourth-order valence-corrected chi connectivity index (χ4v) is 3.84. The molecular weight excluding hydrogens is 463 g/mol. The first-order chi connectivity index (χ1) is 20.5. The van der Waals surface area contributed by atoms with Crippen LogP contribution >= 0.6 is 0 Å². The molecular formula is C25H27FN8O2. The van der Waals surface area contributed by atoms with Gasteiger partial charge < -0.3 is 19.5 Å². The highest BCUT2D eigenvalue weighted by molar-refractivity contribution is 5.92. The van der Waals surface area contributed by atoms with Crippen molar-refractivity contribution in [2.75, 3.05) is 19.0 Å². The third-order valence-electron chi connectivity index (χ3n) is 5.65. The van der Waals surface area contributed by atoms with Crippen LogP contribution in [0.15, 0.2) is 42.9 Å². The van der Waals surface area contributed by atoms with Crippen LogP contribution in [0.5, 0.6) is 0 Å². The van der Waals surface area contributed by atoms with E-state index in [0.717, 1.165) is 21.8 Å². The van der Waals surface area contributed by atoms with Gasteiger partial charge in [0.05, 0.1) is 27.3 Å². The highest BCUT2D eigenvalue weighted by Gasteiger charge is 2.35. The van der Waals surface area contributed by atoms with E-state index < -0.39 is 38.1 Å². The van der Waals surface area contributed by atoms with Crippen molar-refractivity contribution >= 4 is 17.7 Å². The lowest BCUT2D eigenvalue weighted by atomic mass is 10.1. The summed E-state index contributed by atoms with van der Waals surface area (Å²) in [6.07, 6.45) is 3.73. The number of nitrogens with one attached hydrogen (secondary N) is 1. The van der Waals surface area contributed by atoms with Gasteiger partial charge in [-0.25, -0.2) is 19.3 Å². The van der Waals surface area contributed by atoms with Gasteiger partial charge in [0.1, 0.15) is 17.3 Å². The number of methoxy groups -OCH3 is 1. The summed E-state index contributed by atoms with van der Waals surface area (Å²) in [6.45, 7) is -6.28. The van der Waals surface area contributed by atoms with Crippen molar-refractivity contribution in [2.24, 2.45) is 6.98 Å². The molecule has 4 heterocycles. The van der Waals surface area contributed by atoms with Gasteiger partial charge in [0, 0.05) is 53.8 Å². The number of amides is 1. The zero-order chi connectivity index (χ0) is 32.2. The number of aromatic nitrogens is 6. The van der Waals surface area contributed by atoms with Crippen LogP contribution in [-0.4, -0.2) is 59.9 Å². The molecule has 1 atom stereocenters. The largest absolute Gasteiger partial charge is 0.382 e. The second-order valence-corrected chi connectivity index (χ2v) is 8.17. The molecule has 11 heteroatoms. The Kier molecular flexibility index (Phi) is 4.17. The number of carbonyl (C=O) groups is 1. The quantitative estimate of drug-likeness (QED) is 0.417. The van der Waals surface area contributed by atoms with Gasteiger partial charge in [0.2, 0.25) is 5.95 Å². The number of imidazole rings is 1. The number of fused-ring (bicyclic) bond motifs is 1. The Balaban J connectivity index is 1.58. The van der Waals surface area contributed by atoms with E-state index in [4.69, 9.17) is 15.7 Å². The molecule has 0 saturated carbocycles. The second-order valence-electron chi connectivity index (χ2n) is 8.17. The van der Waals surface area contributed by atoms with E-state index in [-0.39, 0.29) is 53.3 Å². The Morgan fingerprint density at radius 3 is 2.97 bits per heavy atom. The molecule has 0 aliphatic carbocycles. The van der Waals surface area contributed by atoms with E-state index in [2.05, 4.69) is 25.4 Å². The number of hydrogen-bond acceptors (Lipinski definition) is 7. The summed E-state index contributed by atoms with van der Waals surface area (Å²) in [5.74, 6) is -1.80. The first kappa shape index (κ1) is 15.8. The molecule has 0 spiro atoms. The third-order valence-corrected chi connectivity index (χ3v) is 5.65. The van der Waals surface area contributed by atoms with Gasteiger partial charge in [0.25, 0.3) is 5.91 Å². The van der Waals surface area contributed by atoms with Gasteiger partial charge in [-0.1, -0.05) is 12.1 Å². The van der Waals surface area contributed by atoms with Gasteiger partial charge in [0.15, 0.2) is 5.82 Å². The Morgan fingerprint density at radius 1 is 1.31 bits per heavy atom. The van der Waals surface area contributed by atoms with Gasteiger partial charge in [-0.15, -0.1) is 0 Å². The van der Waals surface area contributed by atoms with Crippen LogP contribution in [-0.2, 0) is 24.8 Å². The zero-order valence-electron chi connectivity index (χ0n) is 27.4. The summed E-state index contributed by atoms with van der Waals surface area (Å²) in [5, 5.41) is 6.50. The lowest BCUT2D eigenvalue weighted by molar-refractivity contribution is 0.0380. The van der Waals surface area contributed by atoms with Crippen LogP contribution in [0.4, 0.5) is 16.2 Å². The van der Waals surface area contributed by atoms with E-state index in [9.17, 15) is 9.18 Å². The first-order valence-corrected chi connectivity index (χ1v) is 10.9. The molecule has 0 fully saturated rings. The summed E-state index contributed by atoms with van der Waals surface area (Å²) < 4.78 is 86.5. The van der Waals surface area contributed by atoms with Crippen LogP contribution in [0.2, 0.25) is 0 Å². The normalized spacial score (nSPS) is 19.7. The average Bonchev–Trinajstić information content (AvgIpc) is 3.57. The molecule has 1 aliphatic rings. The monoisotopic (exact) mass is 498 g/mol. The van der Waals surface area contributed by atoms with Crippen molar-refractivity contribution in [1.29, 1.82) is 0 Å². The smallest absolute Gasteiger partial charge is 0.290 e. The minimum absolute atomic E-state index is 0.0183. The number of aryl methyl sites for hydroxylation is 3. The fourth-order valence-electron chi connectivity index (χ4n) is 3.84. The molecule has 3 aromatic heterocycles. The third kappa shape index (κ3) is 4.44. The first-order valence-electron chi connectivity index (χ1n) is 14.9. The lowest BCUT2D eigenvalue weighted by Crippen LogP contribution is -2.49. The minimum Gasteiger partial charge on any atom is -0.382 e. The molecule has 1 amide bonds. The average molecular weight is 499 g/mol. The maximum atomic E-state index is 14.4. The lowest BCUT2D eigenvalue weighted by Gasteiger charge is -2.35. The van der Waals surface area contributed by atoms with Crippen LogP contribution in [0, 0.1) is 19.6 Å². The van der Waals surface area contributed by atoms with Crippen molar-refractivity contribution in [3.8, 4) is 11.4 Å². The Labute approximate surface area is 219 Å². The molecule has 186 valence electrons. The van der Waals surface area contributed by atoms with Crippen molar-refractivity contribution in [2.45, 2.75) is 32.9 Å². The number of benzene rings is 1. The van der Waals surface area contributed by atoms with Gasteiger partial charge in [-0.2, -0.15) is 5.10 Å². The Bertz CT molecular complexity index is 1720. The number of hydrogen-bond donors (Lipinski definition) is 1. The van der Waals surface area contributed by atoms with E-state index in [1.807, 2.05) is 0 Å². The molecule has 5 rings (SSSR count). The SMILES string of the molecule is [2H]C([2H])([2H])c1cnc(Nc2ccnn2C([2H])([2H])[2H])nc1-c1cn2c(n1)C(=O)N(C([2H])([2H])c1ccc(C)c(F)c1)[C@H](COC)C2. The second kappa shape index (κ2) is 9.50. The molecule has 4 aromatic rings. The number of nitrogens with zero attached hydrogens (tertiary/aromatic N) is 7. The van der Waals surface area contributed by atoms with Crippen molar-refractivity contribution in [1.82, 2.24) is 34.2 Å². The molecule has 1 aliphatic heterocycles. The van der Waals surface area contributed by atoms with Crippen LogP contribution in [0.3, 0.4) is 0 Å². The van der Waals surface area contributed by atoms with Gasteiger partial charge >= 0.3 is 0 Å². The van der Waals surface area contributed by atoms with E-state index >= 15 is 0 Å². The molecule has 1 N–H and O–H groups in total. The standard InChI is InChI=1S/C25H27FN8O2/c1-15-5-6-17(9-19(15)26)11-34-18(14-36-4)12-33-13-20(29-23(33)24(34)35)22-16(2)10-27-25(31-22)30-21-7-8-28-32(21)3/h5-10,13,18H,11-12,14H2,1-4H3,(H,27,30,31)/t18-/m0/s1/i2D3,3D3,11D2. The molecule has 0 unspecified atom stereocenters. The molecule has 36 heavy (non-hydrogen) atoms. The molecule has 0 bridgehead atoms. The fraction of sp³-hybridized carbons (Fsp3) is 0.320. The van der Waals surface area contributed by atoms with Gasteiger partial charge in [-0.05, 0) is 36.5 Å². The van der Waals surface area contributed by atoms with Crippen LogP contribution < -0.4 is 5.32 Å². The highest BCUT2D eigenvalue weighted by atomic mass is 19.1. The Hall–Kier alpha value is -4.12. The van der Waals surface area contributed by atoms with E-state index in [1.165, 1.54) is 49.2 Å². The maximum Gasteiger partial charge on any atom is 0.290 e. The summed E-state index contributed by atoms with van der Waals surface area (Å²) >= 11 is 0. The predicted molar refractivity (Wildman–Crippen MR) is 131 cm³/mol. The summed E-state index contributed by atoms with van der Waals surface area (Å²) in [7, 11) is 1.40. The maximum absolute atomic E-state index is 14.4. The number of anilines is 2. The number of carbonyl (C=O) groups excluding carboxylic acids is 1. The molecule has 0 saturated heterocycles. The molecule has 10 nitrogen and oxygen atoms in total. The van der Waals surface area contributed by atoms with E-state index in [1.54, 1.807) is 0 Å². The summed E-state index contributed by atoms with van der Waals surface area (Å²) in [5.41, 5.74) is -0.228. The Morgan fingerprint density at radius 2 is 2.19 bits per heavy atom. The van der Waals surface area contributed by atoms with E-state index in [0.29, 0.717) is 5.56 Å². The minimum atomic E-state index is -2.69. The van der Waals surface area contributed by atoms with Crippen molar-refractivity contribution in [3.63, 3.8) is 0 Å².